The Morgan fingerprint density at radius 1 is 1.00 bits per heavy atom. The lowest BCUT2D eigenvalue weighted by molar-refractivity contribution is -0.123. The van der Waals surface area contributed by atoms with Crippen LogP contribution in [0.3, 0.4) is 0 Å². The van der Waals surface area contributed by atoms with Crippen molar-refractivity contribution in [1.82, 2.24) is 15.6 Å². The van der Waals surface area contributed by atoms with Crippen LogP contribution in [0, 0.1) is 5.92 Å². The van der Waals surface area contributed by atoms with E-state index in [-0.39, 0.29) is 17.8 Å². The molecule has 0 saturated heterocycles. The van der Waals surface area contributed by atoms with Gasteiger partial charge < -0.3 is 26.0 Å². The molecule has 1 heterocycles. The number of hydrogen-bond donors (Lipinski definition) is 5. The van der Waals surface area contributed by atoms with Gasteiger partial charge in [0.2, 0.25) is 5.91 Å². The van der Waals surface area contributed by atoms with Crippen molar-refractivity contribution in [3.63, 3.8) is 0 Å². The van der Waals surface area contributed by atoms with Crippen LogP contribution in [-0.2, 0) is 17.9 Å². The SMILES string of the molecule is O=C(N[C@@H](Cc1ccccc1)C(=O)N[C@@H](CC1CCC1)B(O)O)c1cccnc1Nc1cccc(CF)c1. The van der Waals surface area contributed by atoms with E-state index in [1.807, 2.05) is 30.3 Å². The van der Waals surface area contributed by atoms with Crippen molar-refractivity contribution < 1.29 is 24.0 Å². The van der Waals surface area contributed by atoms with Gasteiger partial charge >= 0.3 is 7.12 Å². The molecule has 0 radical (unpaired) electrons. The van der Waals surface area contributed by atoms with Crippen molar-refractivity contribution in [1.29, 1.82) is 0 Å². The number of aromatic nitrogens is 1. The molecule has 2 aromatic carbocycles. The smallest absolute Gasteiger partial charge is 0.426 e. The molecule has 4 rings (SSSR count). The summed E-state index contributed by atoms with van der Waals surface area (Å²) >= 11 is 0. The molecule has 3 aromatic rings. The van der Waals surface area contributed by atoms with Crippen LogP contribution in [0.5, 0.6) is 0 Å². The van der Waals surface area contributed by atoms with Gasteiger partial charge in [0, 0.05) is 18.3 Å². The van der Waals surface area contributed by atoms with E-state index in [0.29, 0.717) is 23.6 Å². The summed E-state index contributed by atoms with van der Waals surface area (Å²) in [6.45, 7) is -0.619. The Morgan fingerprint density at radius 2 is 1.76 bits per heavy atom. The highest BCUT2D eigenvalue weighted by Gasteiger charge is 2.33. The average Bonchev–Trinajstić information content (AvgIpc) is 2.90. The van der Waals surface area contributed by atoms with Crippen LogP contribution in [0.2, 0.25) is 0 Å². The first-order valence-corrected chi connectivity index (χ1v) is 12.8. The Balaban J connectivity index is 1.53. The number of nitrogens with one attached hydrogen (secondary N) is 3. The Kier molecular flexibility index (Phi) is 9.45. The largest absolute Gasteiger partial charge is 0.475 e. The average molecular weight is 518 g/mol. The fourth-order valence-corrected chi connectivity index (χ4v) is 4.48. The van der Waals surface area contributed by atoms with Crippen LogP contribution in [0.1, 0.15) is 47.2 Å². The zero-order chi connectivity index (χ0) is 26.9. The number of hydrogen-bond acceptors (Lipinski definition) is 6. The molecule has 2 amide bonds. The van der Waals surface area contributed by atoms with Gasteiger partial charge in [0.1, 0.15) is 18.5 Å². The van der Waals surface area contributed by atoms with Crippen molar-refractivity contribution in [2.24, 2.45) is 5.92 Å². The first-order chi connectivity index (χ1) is 18.4. The lowest BCUT2D eigenvalue weighted by atomic mass is 9.69. The number of carbonyl (C=O) groups is 2. The van der Waals surface area contributed by atoms with E-state index in [1.54, 1.807) is 36.4 Å². The number of amides is 2. The predicted octanol–water partition coefficient (Wildman–Crippen LogP) is 3.32. The predicted molar refractivity (Wildman–Crippen MR) is 144 cm³/mol. The number of halogens is 1. The number of anilines is 2. The fraction of sp³-hybridized carbons (Fsp3) is 0.321. The summed E-state index contributed by atoms with van der Waals surface area (Å²) in [6.07, 6.45) is 5.28. The van der Waals surface area contributed by atoms with Gasteiger partial charge in [0.05, 0.1) is 11.5 Å². The third-order valence-corrected chi connectivity index (χ3v) is 6.80. The van der Waals surface area contributed by atoms with Gasteiger partial charge in [-0.2, -0.15) is 0 Å². The monoisotopic (exact) mass is 518 g/mol. The zero-order valence-corrected chi connectivity index (χ0v) is 21.0. The Morgan fingerprint density at radius 3 is 2.45 bits per heavy atom. The number of pyridine rings is 1. The molecule has 0 bridgehead atoms. The molecule has 1 fully saturated rings. The lowest BCUT2D eigenvalue weighted by Gasteiger charge is -2.30. The van der Waals surface area contributed by atoms with Gasteiger partial charge in [-0.3, -0.25) is 9.59 Å². The molecule has 0 aliphatic heterocycles. The zero-order valence-electron chi connectivity index (χ0n) is 21.0. The highest BCUT2D eigenvalue weighted by atomic mass is 19.1. The summed E-state index contributed by atoms with van der Waals surface area (Å²) in [6, 6.07) is 18.2. The number of benzene rings is 2. The minimum absolute atomic E-state index is 0.206. The van der Waals surface area contributed by atoms with E-state index in [0.717, 1.165) is 24.8 Å². The third-order valence-electron chi connectivity index (χ3n) is 6.80. The number of alkyl halides is 1. The minimum Gasteiger partial charge on any atom is -0.426 e. The second-order valence-electron chi connectivity index (χ2n) is 9.64. The van der Waals surface area contributed by atoms with Gasteiger partial charge in [-0.05, 0) is 47.7 Å². The van der Waals surface area contributed by atoms with Gasteiger partial charge in [0.25, 0.3) is 5.91 Å². The Bertz CT molecular complexity index is 1230. The summed E-state index contributed by atoms with van der Waals surface area (Å²) in [5.41, 5.74) is 2.10. The number of carbonyl (C=O) groups excluding carboxylic acids is 2. The minimum atomic E-state index is -1.71. The van der Waals surface area contributed by atoms with E-state index in [4.69, 9.17) is 0 Å². The van der Waals surface area contributed by atoms with Gasteiger partial charge in [-0.1, -0.05) is 61.7 Å². The number of rotatable bonds is 12. The highest BCUT2D eigenvalue weighted by molar-refractivity contribution is 6.43. The topological polar surface area (TPSA) is 124 Å². The van der Waals surface area contributed by atoms with Gasteiger partial charge in [0.15, 0.2) is 0 Å². The van der Waals surface area contributed by atoms with E-state index < -0.39 is 37.6 Å². The molecule has 1 saturated carbocycles. The van der Waals surface area contributed by atoms with Crippen LogP contribution in [0.4, 0.5) is 15.9 Å². The molecule has 5 N–H and O–H groups in total. The standard InChI is InChI=1S/C28H32BFN4O4/c30-18-21-11-5-12-22(15-21)32-26-23(13-6-14-31-26)27(35)33-24(16-19-7-2-1-3-8-19)28(36)34-25(29(37)38)17-20-9-4-10-20/h1-3,5-8,11-15,20,24-25,37-38H,4,9-10,16-18H2,(H,31,32)(H,33,35)(H,34,36)/t24-,25-/m0/s1. The lowest BCUT2D eigenvalue weighted by Crippen LogP contribution is -2.55. The second-order valence-corrected chi connectivity index (χ2v) is 9.64. The summed E-state index contributed by atoms with van der Waals surface area (Å²) in [5.74, 6) is -1.27. The van der Waals surface area contributed by atoms with Crippen LogP contribution in [0.15, 0.2) is 72.9 Å². The molecule has 1 aliphatic rings. The molecule has 1 aliphatic carbocycles. The third kappa shape index (κ3) is 7.39. The van der Waals surface area contributed by atoms with E-state index in [2.05, 4.69) is 20.9 Å². The summed E-state index contributed by atoms with van der Waals surface area (Å²) in [5, 5.41) is 28.4. The van der Waals surface area contributed by atoms with Crippen LogP contribution in [0.25, 0.3) is 0 Å². The van der Waals surface area contributed by atoms with Crippen molar-refractivity contribution in [3.8, 4) is 0 Å². The first-order valence-electron chi connectivity index (χ1n) is 12.8. The molecular weight excluding hydrogens is 486 g/mol. The molecule has 0 unspecified atom stereocenters. The first kappa shape index (κ1) is 27.3. The van der Waals surface area contributed by atoms with E-state index >= 15 is 0 Å². The molecule has 2 atom stereocenters. The molecule has 8 nitrogen and oxygen atoms in total. The number of nitrogens with zero attached hydrogens (tertiary/aromatic N) is 1. The van der Waals surface area contributed by atoms with Gasteiger partial charge in [-0.15, -0.1) is 0 Å². The van der Waals surface area contributed by atoms with Crippen LogP contribution < -0.4 is 16.0 Å². The maximum atomic E-state index is 13.4. The van der Waals surface area contributed by atoms with Crippen molar-refractivity contribution in [3.05, 3.63) is 89.6 Å². The van der Waals surface area contributed by atoms with Crippen molar-refractivity contribution >= 4 is 30.4 Å². The Labute approximate surface area is 221 Å². The van der Waals surface area contributed by atoms with Crippen LogP contribution in [-0.4, -0.2) is 45.9 Å². The van der Waals surface area contributed by atoms with Crippen molar-refractivity contribution in [2.75, 3.05) is 5.32 Å². The molecular formula is C28H32BFN4O4. The summed E-state index contributed by atoms with van der Waals surface area (Å²) < 4.78 is 13.1. The highest BCUT2D eigenvalue weighted by Crippen LogP contribution is 2.30. The van der Waals surface area contributed by atoms with Gasteiger partial charge in [-0.25, -0.2) is 9.37 Å². The molecule has 38 heavy (non-hydrogen) atoms. The Hall–Kier alpha value is -3.76. The summed E-state index contributed by atoms with van der Waals surface area (Å²) in [7, 11) is -1.71. The maximum Gasteiger partial charge on any atom is 0.475 e. The molecule has 10 heteroatoms. The van der Waals surface area contributed by atoms with Crippen LogP contribution >= 0.6 is 0 Å². The second kappa shape index (κ2) is 13.2. The summed E-state index contributed by atoms with van der Waals surface area (Å²) in [4.78, 5) is 31.0. The molecule has 0 spiro atoms. The molecule has 1 aromatic heterocycles. The normalized spacial score (nSPS) is 14.6. The fourth-order valence-electron chi connectivity index (χ4n) is 4.48. The van der Waals surface area contributed by atoms with E-state index in [9.17, 15) is 24.0 Å². The maximum absolute atomic E-state index is 13.4. The van der Waals surface area contributed by atoms with E-state index in [1.165, 1.54) is 6.20 Å². The van der Waals surface area contributed by atoms with Crippen molar-refractivity contribution in [2.45, 2.75) is 50.8 Å². The quantitative estimate of drug-likeness (QED) is 0.235. The molecule has 198 valence electrons.